The smallest absolute Gasteiger partial charge is 0.377 e. The zero-order chi connectivity index (χ0) is 13.1. The average molecular weight is 250 g/mol. The van der Waals surface area contributed by atoms with E-state index in [2.05, 4.69) is 15.4 Å². The molecular weight excluding hydrogens is 240 g/mol. The molecule has 1 N–H and O–H groups in total. The molecule has 1 heterocycles. The van der Waals surface area contributed by atoms with Gasteiger partial charge in [0.2, 0.25) is 0 Å². The Bertz CT molecular complexity index is 581. The molecule has 0 saturated heterocycles. The van der Waals surface area contributed by atoms with Crippen molar-refractivity contribution in [2.24, 2.45) is 0 Å². The van der Waals surface area contributed by atoms with Gasteiger partial charge in [-0.05, 0) is 17.3 Å². The lowest BCUT2D eigenvalue weighted by atomic mass is 10.3. The molecule has 0 unspecified atom stereocenters. The summed E-state index contributed by atoms with van der Waals surface area (Å²) in [4.78, 5) is 11.8. The number of hydrogen-bond acceptors (Lipinski definition) is 6. The van der Waals surface area contributed by atoms with E-state index in [1.807, 2.05) is 0 Å². The Hall–Kier alpha value is -2.64. The van der Waals surface area contributed by atoms with Crippen LogP contribution in [0.1, 0.15) is 10.6 Å². The van der Waals surface area contributed by atoms with Crippen molar-refractivity contribution in [1.29, 1.82) is 0 Å². The summed E-state index contributed by atoms with van der Waals surface area (Å²) in [6.45, 7) is 0. The van der Waals surface area contributed by atoms with Crippen LogP contribution in [0.4, 0.5) is 0 Å². The van der Waals surface area contributed by atoms with E-state index in [1.54, 1.807) is 18.2 Å². The molecule has 18 heavy (non-hydrogen) atoms. The van der Waals surface area contributed by atoms with Crippen LogP contribution in [0.15, 0.2) is 18.2 Å². The van der Waals surface area contributed by atoms with Crippen molar-refractivity contribution >= 4 is 5.97 Å². The number of tetrazole rings is 1. The number of rotatable bonds is 4. The molecular formula is C10H10N4O4. The van der Waals surface area contributed by atoms with Crippen molar-refractivity contribution in [3.63, 3.8) is 0 Å². The fourth-order valence-electron chi connectivity index (χ4n) is 1.36. The quantitative estimate of drug-likeness (QED) is 0.837. The minimum atomic E-state index is -1.25. The fourth-order valence-corrected chi connectivity index (χ4v) is 1.36. The first-order valence-corrected chi connectivity index (χ1v) is 4.91. The first-order chi connectivity index (χ1) is 8.65. The molecule has 1 aromatic carbocycles. The van der Waals surface area contributed by atoms with Gasteiger partial charge in [-0.1, -0.05) is 0 Å². The predicted octanol–water partition coefficient (Wildman–Crippen LogP) is 0.378. The second-order valence-electron chi connectivity index (χ2n) is 3.25. The van der Waals surface area contributed by atoms with E-state index in [0.717, 1.165) is 4.80 Å². The first-order valence-electron chi connectivity index (χ1n) is 4.91. The lowest BCUT2D eigenvalue weighted by molar-refractivity contribution is 0.0683. The maximum atomic E-state index is 10.7. The van der Waals surface area contributed by atoms with Crippen LogP contribution >= 0.6 is 0 Å². The summed E-state index contributed by atoms with van der Waals surface area (Å²) in [6, 6.07) is 4.99. The van der Waals surface area contributed by atoms with Gasteiger partial charge in [-0.25, -0.2) is 4.79 Å². The number of aromatic nitrogens is 4. The molecule has 0 spiro atoms. The van der Waals surface area contributed by atoms with Gasteiger partial charge in [0.05, 0.1) is 14.2 Å². The SMILES string of the molecule is COc1ccc(OC)c(-n2nnc(C(=O)O)n2)c1. The number of carbonyl (C=O) groups is 1. The van der Waals surface area contributed by atoms with E-state index in [1.165, 1.54) is 14.2 Å². The largest absolute Gasteiger partial charge is 0.497 e. The van der Waals surface area contributed by atoms with Gasteiger partial charge in [0.1, 0.15) is 17.2 Å². The highest BCUT2D eigenvalue weighted by Gasteiger charge is 2.15. The van der Waals surface area contributed by atoms with Crippen molar-refractivity contribution in [3.8, 4) is 17.2 Å². The third-order valence-corrected chi connectivity index (χ3v) is 2.21. The Morgan fingerprint density at radius 3 is 2.67 bits per heavy atom. The molecule has 8 heteroatoms. The van der Waals surface area contributed by atoms with Crippen LogP contribution in [0.25, 0.3) is 5.69 Å². The molecule has 0 radical (unpaired) electrons. The fraction of sp³-hybridized carbons (Fsp3) is 0.200. The molecule has 94 valence electrons. The van der Waals surface area contributed by atoms with Crippen LogP contribution in [-0.2, 0) is 0 Å². The Morgan fingerprint density at radius 2 is 2.11 bits per heavy atom. The van der Waals surface area contributed by atoms with Gasteiger partial charge in [-0.15, -0.1) is 15.0 Å². The van der Waals surface area contributed by atoms with Gasteiger partial charge in [0.25, 0.3) is 5.82 Å². The number of carboxylic acid groups (broad SMARTS) is 1. The van der Waals surface area contributed by atoms with E-state index in [9.17, 15) is 4.79 Å². The molecule has 0 atom stereocenters. The van der Waals surface area contributed by atoms with Crippen LogP contribution in [0.3, 0.4) is 0 Å². The number of benzene rings is 1. The Labute approximate surface area is 102 Å². The molecule has 0 fully saturated rings. The van der Waals surface area contributed by atoms with Gasteiger partial charge in [0.15, 0.2) is 0 Å². The van der Waals surface area contributed by atoms with Crippen molar-refractivity contribution < 1.29 is 19.4 Å². The molecule has 8 nitrogen and oxygen atoms in total. The monoisotopic (exact) mass is 250 g/mol. The third-order valence-electron chi connectivity index (χ3n) is 2.21. The molecule has 0 bridgehead atoms. The number of aromatic carboxylic acids is 1. The second-order valence-corrected chi connectivity index (χ2v) is 3.25. The van der Waals surface area contributed by atoms with Crippen LogP contribution < -0.4 is 9.47 Å². The maximum Gasteiger partial charge on any atom is 0.377 e. The summed E-state index contributed by atoms with van der Waals surface area (Å²) in [5.74, 6) is -0.590. The molecule has 1 aromatic heterocycles. The third kappa shape index (κ3) is 2.08. The first kappa shape index (κ1) is 11.8. The molecule has 0 aliphatic heterocycles. The minimum absolute atomic E-state index is 0.389. The highest BCUT2D eigenvalue weighted by molar-refractivity contribution is 5.82. The van der Waals surface area contributed by atoms with Gasteiger partial charge >= 0.3 is 5.97 Å². The normalized spacial score (nSPS) is 10.1. The number of carboxylic acids is 1. The van der Waals surface area contributed by atoms with E-state index >= 15 is 0 Å². The zero-order valence-corrected chi connectivity index (χ0v) is 9.69. The average Bonchev–Trinajstić information content (AvgIpc) is 2.87. The maximum absolute atomic E-state index is 10.7. The van der Waals surface area contributed by atoms with Gasteiger partial charge in [-0.3, -0.25) is 0 Å². The Kier molecular flexibility index (Phi) is 3.09. The standard InChI is InChI=1S/C10H10N4O4/c1-17-6-3-4-8(18-2)7(5-6)14-12-9(10(15)16)11-13-14/h3-5H,1-2H3,(H,15,16). The highest BCUT2D eigenvalue weighted by atomic mass is 16.5. The van der Waals surface area contributed by atoms with Crippen LogP contribution in [0.2, 0.25) is 0 Å². The summed E-state index contributed by atoms with van der Waals surface area (Å²) in [6.07, 6.45) is 0. The number of methoxy groups -OCH3 is 2. The topological polar surface area (TPSA) is 99.4 Å². The summed E-state index contributed by atoms with van der Waals surface area (Å²) in [7, 11) is 3.00. The second kappa shape index (κ2) is 4.70. The number of hydrogen-bond donors (Lipinski definition) is 1. The summed E-state index contributed by atoms with van der Waals surface area (Å²) in [5.41, 5.74) is 0.442. The van der Waals surface area contributed by atoms with Crippen molar-refractivity contribution in [3.05, 3.63) is 24.0 Å². The van der Waals surface area contributed by atoms with E-state index in [4.69, 9.17) is 14.6 Å². The van der Waals surface area contributed by atoms with Crippen molar-refractivity contribution in [2.75, 3.05) is 14.2 Å². The lowest BCUT2D eigenvalue weighted by Gasteiger charge is -2.08. The molecule has 2 rings (SSSR count). The van der Waals surface area contributed by atoms with Crippen LogP contribution in [0.5, 0.6) is 11.5 Å². The molecule has 0 aliphatic rings. The highest BCUT2D eigenvalue weighted by Crippen LogP contribution is 2.26. The number of nitrogens with zero attached hydrogens (tertiary/aromatic N) is 4. The van der Waals surface area contributed by atoms with E-state index in [-0.39, 0.29) is 5.82 Å². The predicted molar refractivity (Wildman–Crippen MR) is 59.2 cm³/mol. The van der Waals surface area contributed by atoms with E-state index < -0.39 is 5.97 Å². The minimum Gasteiger partial charge on any atom is -0.497 e. The summed E-state index contributed by atoms with van der Waals surface area (Å²) >= 11 is 0. The molecule has 0 saturated carbocycles. The van der Waals surface area contributed by atoms with Gasteiger partial charge in [-0.2, -0.15) is 0 Å². The lowest BCUT2D eigenvalue weighted by Crippen LogP contribution is -2.04. The Balaban J connectivity index is 2.50. The van der Waals surface area contributed by atoms with E-state index in [0.29, 0.717) is 17.2 Å². The zero-order valence-electron chi connectivity index (χ0n) is 9.69. The van der Waals surface area contributed by atoms with Crippen LogP contribution in [0, 0.1) is 0 Å². The molecule has 0 aliphatic carbocycles. The summed E-state index contributed by atoms with van der Waals surface area (Å²) < 4.78 is 10.2. The van der Waals surface area contributed by atoms with Crippen LogP contribution in [-0.4, -0.2) is 45.5 Å². The molecule has 2 aromatic rings. The van der Waals surface area contributed by atoms with Crippen molar-refractivity contribution in [1.82, 2.24) is 20.2 Å². The van der Waals surface area contributed by atoms with Gasteiger partial charge in [0, 0.05) is 6.07 Å². The van der Waals surface area contributed by atoms with Crippen molar-refractivity contribution in [2.45, 2.75) is 0 Å². The Morgan fingerprint density at radius 1 is 1.33 bits per heavy atom. The van der Waals surface area contributed by atoms with Gasteiger partial charge < -0.3 is 14.6 Å². The number of ether oxygens (including phenoxy) is 2. The molecule has 0 amide bonds. The summed E-state index contributed by atoms with van der Waals surface area (Å²) in [5, 5.41) is 19.5.